The molecule has 0 aromatic rings. The molecule has 0 aliphatic heterocycles. The summed E-state index contributed by atoms with van der Waals surface area (Å²) in [4.78, 5) is 0. The lowest BCUT2D eigenvalue weighted by atomic mass is 10.1. The molecule has 10 heavy (non-hydrogen) atoms. The number of halogens is 1. The van der Waals surface area contributed by atoms with E-state index in [9.17, 15) is 0 Å². The van der Waals surface area contributed by atoms with Gasteiger partial charge < -0.3 is 0 Å². The van der Waals surface area contributed by atoms with Gasteiger partial charge in [-0.3, -0.25) is 4.70 Å². The average molecular weight is 148 g/mol. The second-order valence-corrected chi connectivity index (χ2v) is 2.77. The van der Waals surface area contributed by atoms with Crippen LogP contribution in [-0.4, -0.2) is 0 Å². The van der Waals surface area contributed by atoms with Crippen molar-refractivity contribution in [3.05, 3.63) is 0 Å². The van der Waals surface area contributed by atoms with Gasteiger partial charge in [-0.25, -0.2) is 0 Å². The minimum absolute atomic E-state index is 0. The van der Waals surface area contributed by atoms with Gasteiger partial charge in [-0.05, 0) is 0 Å². The third kappa shape index (κ3) is 10.8. The van der Waals surface area contributed by atoms with Crippen molar-refractivity contribution in [1.29, 1.82) is 0 Å². The normalized spacial score (nSPS) is 9.00. The van der Waals surface area contributed by atoms with Crippen molar-refractivity contribution in [3.63, 3.8) is 0 Å². The van der Waals surface area contributed by atoms with Gasteiger partial charge in [-0.1, -0.05) is 58.8 Å². The average Bonchev–Trinajstić information content (AvgIpc) is 1.89. The Kier molecular flexibility index (Phi) is 14.7. The Morgan fingerprint density at radius 1 is 0.600 bits per heavy atom. The highest BCUT2D eigenvalue weighted by Gasteiger charge is 1.85. The third-order valence-corrected chi connectivity index (χ3v) is 1.71. The van der Waals surface area contributed by atoms with Crippen LogP contribution in [-0.2, 0) is 0 Å². The van der Waals surface area contributed by atoms with Gasteiger partial charge in [0.05, 0.1) is 0 Å². The van der Waals surface area contributed by atoms with Crippen molar-refractivity contribution in [2.45, 2.75) is 58.8 Å². The van der Waals surface area contributed by atoms with Crippen molar-refractivity contribution in [2.24, 2.45) is 0 Å². The van der Waals surface area contributed by atoms with Gasteiger partial charge in [0.1, 0.15) is 0 Å². The Morgan fingerprint density at radius 2 is 0.900 bits per heavy atom. The van der Waals surface area contributed by atoms with Crippen LogP contribution in [0.2, 0.25) is 0 Å². The largest absolute Gasteiger partial charge is 0.269 e. The molecule has 0 N–H and O–H groups in total. The van der Waals surface area contributed by atoms with Crippen LogP contribution in [0.15, 0.2) is 0 Å². The van der Waals surface area contributed by atoms with Crippen LogP contribution in [0.1, 0.15) is 58.8 Å². The first-order valence-electron chi connectivity index (χ1n) is 4.41. The van der Waals surface area contributed by atoms with Crippen molar-refractivity contribution in [1.82, 2.24) is 0 Å². The van der Waals surface area contributed by atoms with Crippen molar-refractivity contribution in [2.75, 3.05) is 0 Å². The Labute approximate surface area is 64.4 Å². The van der Waals surface area contributed by atoms with E-state index in [0.717, 1.165) is 0 Å². The predicted octanol–water partition coefficient (Wildman–Crippen LogP) is 3.91. The van der Waals surface area contributed by atoms with Crippen molar-refractivity contribution < 1.29 is 4.70 Å². The van der Waals surface area contributed by atoms with Gasteiger partial charge in [0.25, 0.3) is 0 Å². The van der Waals surface area contributed by atoms with Crippen LogP contribution in [0, 0.1) is 0 Å². The zero-order chi connectivity index (χ0) is 6.95. The molecule has 0 aliphatic carbocycles. The molecule has 0 atom stereocenters. The molecule has 0 nitrogen and oxygen atoms in total. The summed E-state index contributed by atoms with van der Waals surface area (Å²) in [5, 5.41) is 0. The molecular weight excluding hydrogens is 127 g/mol. The molecule has 0 aliphatic rings. The van der Waals surface area contributed by atoms with E-state index in [1.807, 2.05) is 0 Å². The molecular formula is C9H21F. The number of hydrogen-bond donors (Lipinski definition) is 0. The van der Waals surface area contributed by atoms with Crippen LogP contribution in [0.25, 0.3) is 0 Å². The highest BCUT2D eigenvalue weighted by Crippen LogP contribution is 2.05. The highest BCUT2D eigenvalue weighted by molar-refractivity contribution is 4.41. The van der Waals surface area contributed by atoms with E-state index in [0.29, 0.717) is 0 Å². The lowest BCUT2D eigenvalue weighted by Crippen LogP contribution is -1.76. The van der Waals surface area contributed by atoms with Gasteiger partial charge in [0.15, 0.2) is 0 Å². The highest BCUT2D eigenvalue weighted by atomic mass is 19.0. The van der Waals surface area contributed by atoms with Gasteiger partial charge in [0.2, 0.25) is 0 Å². The van der Waals surface area contributed by atoms with Gasteiger partial charge in [-0.2, -0.15) is 0 Å². The Balaban J connectivity index is 0. The molecule has 64 valence electrons. The third-order valence-electron chi connectivity index (χ3n) is 1.71. The number of rotatable bonds is 6. The molecule has 0 heterocycles. The molecule has 0 saturated carbocycles. The number of unbranched alkanes of at least 4 members (excludes halogenated alkanes) is 6. The van der Waals surface area contributed by atoms with Crippen LogP contribution in [0.3, 0.4) is 0 Å². The maximum atomic E-state index is 2.26. The van der Waals surface area contributed by atoms with Gasteiger partial charge >= 0.3 is 0 Å². The summed E-state index contributed by atoms with van der Waals surface area (Å²) in [6.45, 7) is 4.53. The topological polar surface area (TPSA) is 0 Å². The summed E-state index contributed by atoms with van der Waals surface area (Å²) in [6.07, 6.45) is 9.97. The van der Waals surface area contributed by atoms with E-state index in [2.05, 4.69) is 13.8 Å². The zero-order valence-corrected chi connectivity index (χ0v) is 7.36. The maximum absolute atomic E-state index is 2.26. The van der Waals surface area contributed by atoms with E-state index < -0.39 is 0 Å². The first-order valence-corrected chi connectivity index (χ1v) is 4.41. The molecule has 0 radical (unpaired) electrons. The summed E-state index contributed by atoms with van der Waals surface area (Å²) in [7, 11) is 0. The molecule has 0 spiro atoms. The quantitative estimate of drug-likeness (QED) is 0.501. The van der Waals surface area contributed by atoms with Crippen LogP contribution < -0.4 is 0 Å². The second kappa shape index (κ2) is 11.7. The molecule has 0 aromatic heterocycles. The minimum atomic E-state index is 0. The molecule has 0 rings (SSSR count). The summed E-state index contributed by atoms with van der Waals surface area (Å²) in [6, 6.07) is 0. The van der Waals surface area contributed by atoms with Crippen LogP contribution in [0.5, 0.6) is 0 Å². The SMILES string of the molecule is CCCCCCCCC.F. The van der Waals surface area contributed by atoms with Gasteiger partial charge in [0, 0.05) is 0 Å². The second-order valence-electron chi connectivity index (χ2n) is 2.77. The predicted molar refractivity (Wildman–Crippen MR) is 46.2 cm³/mol. The number of hydrogen-bond acceptors (Lipinski definition) is 0. The fourth-order valence-corrected chi connectivity index (χ4v) is 1.03. The minimum Gasteiger partial charge on any atom is -0.269 e. The Bertz CT molecular complexity index is 38.0. The van der Waals surface area contributed by atoms with Crippen LogP contribution in [0.4, 0.5) is 4.70 Å². The summed E-state index contributed by atoms with van der Waals surface area (Å²) >= 11 is 0. The lowest BCUT2D eigenvalue weighted by Gasteiger charge is -1.96. The molecule has 1 heteroatoms. The monoisotopic (exact) mass is 148 g/mol. The maximum Gasteiger partial charge on any atom is -0.0533 e. The van der Waals surface area contributed by atoms with E-state index in [-0.39, 0.29) is 4.70 Å². The zero-order valence-electron chi connectivity index (χ0n) is 7.36. The molecule has 0 saturated heterocycles. The molecule has 0 amide bonds. The van der Waals surface area contributed by atoms with E-state index >= 15 is 0 Å². The van der Waals surface area contributed by atoms with E-state index in [1.54, 1.807) is 0 Å². The standard InChI is InChI=1S/C9H20.FH/c1-3-5-7-9-8-6-4-2;/h3-9H2,1-2H3;1H. The first kappa shape index (κ1) is 12.6. The summed E-state index contributed by atoms with van der Waals surface area (Å²) in [5.41, 5.74) is 0. The smallest absolute Gasteiger partial charge is 0.0533 e. The first-order chi connectivity index (χ1) is 4.41. The van der Waals surface area contributed by atoms with E-state index in [4.69, 9.17) is 0 Å². The van der Waals surface area contributed by atoms with Crippen molar-refractivity contribution in [3.8, 4) is 0 Å². The van der Waals surface area contributed by atoms with Gasteiger partial charge in [-0.15, -0.1) is 0 Å². The molecule has 0 fully saturated rings. The van der Waals surface area contributed by atoms with Crippen LogP contribution >= 0.6 is 0 Å². The lowest BCUT2D eigenvalue weighted by molar-refractivity contribution is 0.602. The summed E-state index contributed by atoms with van der Waals surface area (Å²) < 4.78 is 0. The fourth-order valence-electron chi connectivity index (χ4n) is 1.03. The molecule has 0 unspecified atom stereocenters. The Hall–Kier alpha value is -0.0700. The van der Waals surface area contributed by atoms with Crippen molar-refractivity contribution >= 4 is 0 Å². The Morgan fingerprint density at radius 3 is 1.20 bits per heavy atom. The summed E-state index contributed by atoms with van der Waals surface area (Å²) in [5.74, 6) is 0. The molecule has 0 bridgehead atoms. The molecule has 0 aromatic carbocycles. The fraction of sp³-hybridized carbons (Fsp3) is 1.00. The van der Waals surface area contributed by atoms with E-state index in [1.165, 1.54) is 44.9 Å².